The van der Waals surface area contributed by atoms with Crippen LogP contribution in [0.3, 0.4) is 0 Å². The first-order valence-corrected chi connectivity index (χ1v) is 7.37. The molecule has 8 heteroatoms. The molecule has 116 valence electrons. The van der Waals surface area contributed by atoms with Crippen LogP contribution in [0.2, 0.25) is 0 Å². The topological polar surface area (TPSA) is 74.4 Å². The molecule has 0 saturated carbocycles. The third-order valence-corrected chi connectivity index (χ3v) is 4.18. The van der Waals surface area contributed by atoms with Gasteiger partial charge in [-0.25, -0.2) is 4.68 Å². The highest BCUT2D eigenvalue weighted by molar-refractivity contribution is 7.81. The number of methoxy groups -OCH3 is 2. The van der Waals surface area contributed by atoms with Crippen LogP contribution in [0.4, 0.5) is 0 Å². The quantitative estimate of drug-likeness (QED) is 0.858. The Kier molecular flexibility index (Phi) is 4.02. The molecule has 1 atom stereocenters. The summed E-state index contributed by atoms with van der Waals surface area (Å²) in [6, 6.07) is 3.94. The number of tetrazole rings is 1. The zero-order valence-electron chi connectivity index (χ0n) is 12.6. The van der Waals surface area contributed by atoms with E-state index in [9.17, 15) is 0 Å². The van der Waals surface area contributed by atoms with Crippen molar-refractivity contribution in [3.05, 3.63) is 29.1 Å². The lowest BCUT2D eigenvalue weighted by molar-refractivity contribution is 0.354. The number of nitrogens with zero attached hydrogens (tertiary/aromatic N) is 5. The number of thiol groups is 1. The van der Waals surface area contributed by atoms with E-state index >= 15 is 0 Å². The molecule has 0 fully saturated rings. The Bertz CT molecular complexity index is 728. The average molecular weight is 319 g/mol. The molecule has 7 nitrogen and oxygen atoms in total. The molecule has 3 rings (SSSR count). The molecular formula is C14H17N5O2S. The van der Waals surface area contributed by atoms with Crippen LogP contribution in [0.1, 0.15) is 22.2 Å². The number of aromatic nitrogens is 4. The molecule has 1 aromatic heterocycles. The summed E-state index contributed by atoms with van der Waals surface area (Å²) >= 11 is 4.67. The van der Waals surface area contributed by atoms with E-state index < -0.39 is 0 Å². The third kappa shape index (κ3) is 2.43. The standard InChI is InChI=1S/C14H17N5O2S/c1-19-14(16-17-18-19)13(22)12-9-7-11(21-3)10(20-2)6-8(9)4-5-15-12/h6-7,13,22H,4-5H2,1-3H3. The van der Waals surface area contributed by atoms with Gasteiger partial charge in [-0.3, -0.25) is 4.99 Å². The molecule has 1 aliphatic heterocycles. The molecule has 0 amide bonds. The molecule has 2 heterocycles. The van der Waals surface area contributed by atoms with Crippen LogP contribution in [-0.2, 0) is 13.5 Å². The fourth-order valence-corrected chi connectivity index (χ4v) is 3.01. The largest absolute Gasteiger partial charge is 0.493 e. The van der Waals surface area contributed by atoms with Crippen molar-refractivity contribution in [2.24, 2.45) is 12.0 Å². The number of ether oxygens (including phenoxy) is 2. The van der Waals surface area contributed by atoms with Gasteiger partial charge in [0.25, 0.3) is 0 Å². The maximum absolute atomic E-state index is 5.39. The summed E-state index contributed by atoms with van der Waals surface area (Å²) in [5.41, 5.74) is 3.02. The maximum Gasteiger partial charge on any atom is 0.169 e. The van der Waals surface area contributed by atoms with Gasteiger partial charge in [-0.05, 0) is 34.5 Å². The number of hydrogen-bond donors (Lipinski definition) is 1. The molecule has 22 heavy (non-hydrogen) atoms. The van der Waals surface area contributed by atoms with Gasteiger partial charge in [0, 0.05) is 19.2 Å². The number of aliphatic imine (C=N–C) groups is 1. The molecule has 1 aliphatic rings. The minimum absolute atomic E-state index is 0.294. The first-order valence-electron chi connectivity index (χ1n) is 6.85. The van der Waals surface area contributed by atoms with E-state index in [-0.39, 0.29) is 5.25 Å². The van der Waals surface area contributed by atoms with Crippen molar-refractivity contribution >= 4 is 18.3 Å². The molecule has 2 aromatic rings. The van der Waals surface area contributed by atoms with Gasteiger partial charge in [0.1, 0.15) is 5.25 Å². The Morgan fingerprint density at radius 3 is 2.59 bits per heavy atom. The van der Waals surface area contributed by atoms with Crippen LogP contribution in [0.15, 0.2) is 17.1 Å². The van der Waals surface area contributed by atoms with Crippen molar-refractivity contribution in [1.82, 2.24) is 20.2 Å². The highest BCUT2D eigenvalue weighted by Crippen LogP contribution is 2.35. The van der Waals surface area contributed by atoms with E-state index in [0.717, 1.165) is 29.0 Å². The molecule has 0 bridgehead atoms. The lowest BCUT2D eigenvalue weighted by Gasteiger charge is -2.22. The Balaban J connectivity index is 2.06. The van der Waals surface area contributed by atoms with Crippen molar-refractivity contribution in [2.75, 3.05) is 20.8 Å². The molecule has 0 aliphatic carbocycles. The molecule has 0 saturated heterocycles. The second-order valence-electron chi connectivity index (χ2n) is 4.94. The summed E-state index contributed by atoms with van der Waals surface area (Å²) in [5.74, 6) is 2.05. The van der Waals surface area contributed by atoms with E-state index in [0.29, 0.717) is 18.1 Å². The summed E-state index contributed by atoms with van der Waals surface area (Å²) in [7, 11) is 5.04. The molecule has 1 unspecified atom stereocenters. The normalized spacial score (nSPS) is 15.0. The third-order valence-electron chi connectivity index (χ3n) is 3.71. The van der Waals surface area contributed by atoms with Gasteiger partial charge < -0.3 is 9.47 Å². The van der Waals surface area contributed by atoms with Crippen molar-refractivity contribution in [3.63, 3.8) is 0 Å². The van der Waals surface area contributed by atoms with Gasteiger partial charge in [-0.15, -0.1) is 5.10 Å². The highest BCUT2D eigenvalue weighted by Gasteiger charge is 2.26. The second-order valence-corrected chi connectivity index (χ2v) is 5.46. The van der Waals surface area contributed by atoms with Gasteiger partial charge in [0.2, 0.25) is 0 Å². The van der Waals surface area contributed by atoms with Gasteiger partial charge in [0.15, 0.2) is 17.3 Å². The Labute approximate surface area is 133 Å². The molecule has 1 aromatic carbocycles. The minimum atomic E-state index is -0.294. The van der Waals surface area contributed by atoms with Crippen molar-refractivity contribution in [1.29, 1.82) is 0 Å². The fourth-order valence-electron chi connectivity index (χ4n) is 2.57. The average Bonchev–Trinajstić information content (AvgIpc) is 2.98. The first kappa shape index (κ1) is 14.8. The molecule has 0 spiro atoms. The molecule has 0 N–H and O–H groups in total. The van der Waals surface area contributed by atoms with Gasteiger partial charge >= 0.3 is 0 Å². The summed E-state index contributed by atoms with van der Waals surface area (Å²) < 4.78 is 12.4. The zero-order valence-corrected chi connectivity index (χ0v) is 13.5. The summed E-state index contributed by atoms with van der Waals surface area (Å²) in [6.45, 7) is 0.708. The summed E-state index contributed by atoms with van der Waals surface area (Å²) in [4.78, 5) is 4.63. The SMILES string of the molecule is COc1cc2c(cc1OC)C(C(S)c1nnnn1C)=NCC2. The lowest BCUT2D eigenvalue weighted by atomic mass is 9.94. The van der Waals surface area contributed by atoms with Crippen LogP contribution >= 0.6 is 12.6 Å². The molecule has 0 radical (unpaired) electrons. The van der Waals surface area contributed by atoms with Crippen molar-refractivity contribution in [3.8, 4) is 11.5 Å². The van der Waals surface area contributed by atoms with E-state index in [1.54, 1.807) is 25.9 Å². The number of rotatable bonds is 4. The van der Waals surface area contributed by atoms with Crippen LogP contribution in [0, 0.1) is 0 Å². The monoisotopic (exact) mass is 319 g/mol. The van der Waals surface area contributed by atoms with Crippen molar-refractivity contribution in [2.45, 2.75) is 11.7 Å². The predicted octanol–water partition coefficient (Wildman–Crippen LogP) is 1.24. The molecular weight excluding hydrogens is 302 g/mol. The van der Waals surface area contributed by atoms with Gasteiger partial charge in [0.05, 0.1) is 19.9 Å². The summed E-state index contributed by atoms with van der Waals surface area (Å²) in [5, 5.41) is 11.3. The number of benzene rings is 1. The number of hydrogen-bond acceptors (Lipinski definition) is 7. The van der Waals surface area contributed by atoms with E-state index in [4.69, 9.17) is 9.47 Å². The Hall–Kier alpha value is -2.09. The van der Waals surface area contributed by atoms with E-state index in [1.807, 2.05) is 12.1 Å². The van der Waals surface area contributed by atoms with E-state index in [2.05, 4.69) is 33.1 Å². The van der Waals surface area contributed by atoms with Crippen LogP contribution in [0.5, 0.6) is 11.5 Å². The smallest absolute Gasteiger partial charge is 0.169 e. The predicted molar refractivity (Wildman–Crippen MR) is 85.2 cm³/mol. The van der Waals surface area contributed by atoms with Crippen molar-refractivity contribution < 1.29 is 9.47 Å². The first-order chi connectivity index (χ1) is 10.7. The lowest BCUT2D eigenvalue weighted by Crippen LogP contribution is -2.20. The number of fused-ring (bicyclic) bond motifs is 1. The minimum Gasteiger partial charge on any atom is -0.493 e. The Morgan fingerprint density at radius 1 is 1.23 bits per heavy atom. The van der Waals surface area contributed by atoms with Crippen LogP contribution in [0.25, 0.3) is 0 Å². The maximum atomic E-state index is 5.39. The zero-order chi connectivity index (χ0) is 15.7. The highest BCUT2D eigenvalue weighted by atomic mass is 32.1. The van der Waals surface area contributed by atoms with E-state index in [1.165, 1.54) is 0 Å². The van der Waals surface area contributed by atoms with Crippen LogP contribution in [-0.4, -0.2) is 46.7 Å². The summed E-state index contributed by atoms with van der Waals surface area (Å²) in [6.07, 6.45) is 0.858. The van der Waals surface area contributed by atoms with Gasteiger partial charge in [-0.2, -0.15) is 12.6 Å². The Morgan fingerprint density at radius 2 is 1.95 bits per heavy atom. The second kappa shape index (κ2) is 5.96. The number of aryl methyl sites for hydroxylation is 1. The fraction of sp³-hybridized carbons (Fsp3) is 0.429. The van der Waals surface area contributed by atoms with Gasteiger partial charge in [-0.1, -0.05) is 0 Å². The van der Waals surface area contributed by atoms with Crippen LogP contribution < -0.4 is 9.47 Å².